The van der Waals surface area contributed by atoms with Gasteiger partial charge in [0.1, 0.15) is 0 Å². The molecule has 0 atom stereocenters. The van der Waals surface area contributed by atoms with E-state index in [1.165, 1.54) is 5.39 Å². The molecule has 0 unspecified atom stereocenters. The van der Waals surface area contributed by atoms with Crippen molar-refractivity contribution in [3.05, 3.63) is 30.5 Å². The molecule has 20 heavy (non-hydrogen) atoms. The van der Waals surface area contributed by atoms with Crippen molar-refractivity contribution in [2.45, 2.75) is 6.42 Å². The Morgan fingerprint density at radius 2 is 2.00 bits per heavy atom. The van der Waals surface area contributed by atoms with Gasteiger partial charge in [0, 0.05) is 42.8 Å². The summed E-state index contributed by atoms with van der Waals surface area (Å²) in [5.41, 5.74) is 0. The van der Waals surface area contributed by atoms with Gasteiger partial charge in [0.2, 0.25) is 0 Å². The molecule has 0 bridgehead atoms. The van der Waals surface area contributed by atoms with Crippen LogP contribution in [-0.2, 0) is 0 Å². The Kier molecular flexibility index (Phi) is 4.33. The molecule has 2 aromatic rings. The lowest BCUT2D eigenvalue weighted by Crippen LogP contribution is -2.32. The van der Waals surface area contributed by atoms with Gasteiger partial charge in [-0.3, -0.25) is 0 Å². The number of halogens is 1. The van der Waals surface area contributed by atoms with Crippen LogP contribution < -0.4 is 4.90 Å². The lowest BCUT2D eigenvalue weighted by atomic mass is 10.2. The van der Waals surface area contributed by atoms with Crippen LogP contribution in [0, 0.1) is 0 Å². The summed E-state index contributed by atoms with van der Waals surface area (Å²) in [6, 6.07) is 8.31. The number of aromatic nitrogens is 2. The van der Waals surface area contributed by atoms with Gasteiger partial charge in [-0.25, -0.2) is 0 Å². The van der Waals surface area contributed by atoms with Crippen molar-refractivity contribution in [1.29, 1.82) is 0 Å². The van der Waals surface area contributed by atoms with Crippen LogP contribution in [-0.4, -0.2) is 53.7 Å². The van der Waals surface area contributed by atoms with Crippen molar-refractivity contribution in [3.8, 4) is 0 Å². The lowest BCUT2D eigenvalue weighted by molar-refractivity contribution is 0.311. The fourth-order valence-corrected chi connectivity index (χ4v) is 3.01. The topological polar surface area (TPSA) is 32.3 Å². The summed E-state index contributed by atoms with van der Waals surface area (Å²) < 4.78 is 0. The summed E-state index contributed by atoms with van der Waals surface area (Å²) in [6.45, 7) is 5.14. The first-order valence-corrected chi connectivity index (χ1v) is 7.65. The third-order valence-electron chi connectivity index (χ3n) is 3.84. The molecule has 3 rings (SSSR count). The Hall–Kier alpha value is -1.39. The number of nitrogens with zero attached hydrogens (tertiary/aromatic N) is 4. The average molecular weight is 291 g/mol. The highest BCUT2D eigenvalue weighted by molar-refractivity contribution is 6.18. The van der Waals surface area contributed by atoms with Crippen LogP contribution in [0.3, 0.4) is 0 Å². The predicted octanol–water partition coefficient (Wildman–Crippen LogP) is 2.38. The first-order chi connectivity index (χ1) is 9.88. The molecule has 1 aromatic heterocycles. The van der Waals surface area contributed by atoms with Gasteiger partial charge in [0.05, 0.1) is 6.20 Å². The van der Waals surface area contributed by atoms with E-state index in [0.29, 0.717) is 5.88 Å². The van der Waals surface area contributed by atoms with Crippen molar-refractivity contribution in [2.75, 3.05) is 43.5 Å². The number of hydrogen-bond donors (Lipinski definition) is 0. The predicted molar refractivity (Wildman–Crippen MR) is 83.5 cm³/mol. The zero-order valence-electron chi connectivity index (χ0n) is 11.5. The second kappa shape index (κ2) is 6.37. The summed E-state index contributed by atoms with van der Waals surface area (Å²) >= 11 is 5.84. The maximum Gasteiger partial charge on any atom is 0.159 e. The molecule has 5 heteroatoms. The number of hydrogen-bond acceptors (Lipinski definition) is 4. The van der Waals surface area contributed by atoms with Crippen molar-refractivity contribution in [3.63, 3.8) is 0 Å². The Morgan fingerprint density at radius 1 is 1.10 bits per heavy atom. The highest BCUT2D eigenvalue weighted by Gasteiger charge is 2.17. The molecular formula is C15H19ClN4. The van der Waals surface area contributed by atoms with E-state index in [1.54, 1.807) is 0 Å². The van der Waals surface area contributed by atoms with E-state index in [2.05, 4.69) is 38.2 Å². The third kappa shape index (κ3) is 2.86. The van der Waals surface area contributed by atoms with Crippen molar-refractivity contribution < 1.29 is 0 Å². The molecular weight excluding hydrogens is 272 g/mol. The first-order valence-electron chi connectivity index (χ1n) is 7.12. The van der Waals surface area contributed by atoms with Crippen LogP contribution in [0.2, 0.25) is 0 Å². The smallest absolute Gasteiger partial charge is 0.159 e. The lowest BCUT2D eigenvalue weighted by Gasteiger charge is -2.23. The summed E-state index contributed by atoms with van der Waals surface area (Å²) in [5.74, 6) is 1.71. The zero-order valence-corrected chi connectivity index (χ0v) is 12.3. The second-order valence-corrected chi connectivity index (χ2v) is 5.50. The molecule has 2 heterocycles. The molecule has 0 aliphatic carbocycles. The summed E-state index contributed by atoms with van der Waals surface area (Å²) in [5, 5.41) is 10.9. The van der Waals surface area contributed by atoms with Gasteiger partial charge in [0.25, 0.3) is 0 Å². The molecule has 0 N–H and O–H groups in total. The molecule has 1 aliphatic rings. The van der Waals surface area contributed by atoms with Crippen molar-refractivity contribution >= 4 is 28.2 Å². The third-order valence-corrected chi connectivity index (χ3v) is 4.01. The Morgan fingerprint density at radius 3 is 2.90 bits per heavy atom. The second-order valence-electron chi connectivity index (χ2n) is 5.13. The average Bonchev–Trinajstić information content (AvgIpc) is 2.73. The van der Waals surface area contributed by atoms with Gasteiger partial charge in [-0.1, -0.05) is 24.3 Å². The number of benzene rings is 1. The van der Waals surface area contributed by atoms with E-state index >= 15 is 0 Å². The summed E-state index contributed by atoms with van der Waals surface area (Å²) in [7, 11) is 0. The van der Waals surface area contributed by atoms with Gasteiger partial charge in [-0.05, 0) is 13.0 Å². The van der Waals surface area contributed by atoms with E-state index in [9.17, 15) is 0 Å². The van der Waals surface area contributed by atoms with Gasteiger partial charge in [-0.2, -0.15) is 5.10 Å². The monoisotopic (exact) mass is 290 g/mol. The molecule has 1 saturated heterocycles. The zero-order chi connectivity index (χ0) is 13.8. The summed E-state index contributed by atoms with van der Waals surface area (Å²) in [6.07, 6.45) is 2.97. The Balaban J connectivity index is 1.84. The molecule has 0 amide bonds. The largest absolute Gasteiger partial charge is 0.353 e. The van der Waals surface area contributed by atoms with Gasteiger partial charge in [0.15, 0.2) is 5.82 Å². The van der Waals surface area contributed by atoms with Crippen molar-refractivity contribution in [2.24, 2.45) is 0 Å². The first kappa shape index (κ1) is 13.6. The van der Waals surface area contributed by atoms with Gasteiger partial charge in [-0.15, -0.1) is 16.7 Å². The minimum atomic E-state index is 0.702. The standard InChI is InChI=1S/C15H19ClN4/c16-6-9-19-7-3-8-20(11-10-19)15-14-5-2-1-4-13(14)12-17-18-15/h1-2,4-5,12H,3,6-11H2. The maximum atomic E-state index is 5.84. The molecule has 4 nitrogen and oxygen atoms in total. The van der Waals surface area contributed by atoms with E-state index in [1.807, 2.05) is 12.3 Å². The number of anilines is 1. The Labute approximate surface area is 124 Å². The molecule has 1 aromatic carbocycles. The van der Waals surface area contributed by atoms with E-state index < -0.39 is 0 Å². The highest BCUT2D eigenvalue weighted by Crippen LogP contribution is 2.23. The molecule has 1 aliphatic heterocycles. The maximum absolute atomic E-state index is 5.84. The van der Waals surface area contributed by atoms with Gasteiger partial charge < -0.3 is 9.80 Å². The van der Waals surface area contributed by atoms with E-state index in [0.717, 1.165) is 50.3 Å². The molecule has 106 valence electrons. The molecule has 0 saturated carbocycles. The number of rotatable bonds is 3. The molecule has 0 radical (unpaired) electrons. The fourth-order valence-electron chi connectivity index (χ4n) is 2.77. The van der Waals surface area contributed by atoms with E-state index in [4.69, 9.17) is 11.6 Å². The summed E-state index contributed by atoms with van der Waals surface area (Å²) in [4.78, 5) is 4.77. The minimum absolute atomic E-state index is 0.702. The van der Waals surface area contributed by atoms with Crippen LogP contribution in [0.4, 0.5) is 5.82 Å². The fraction of sp³-hybridized carbons (Fsp3) is 0.467. The van der Waals surface area contributed by atoms with Gasteiger partial charge >= 0.3 is 0 Å². The molecule has 1 fully saturated rings. The van der Waals surface area contributed by atoms with Crippen LogP contribution >= 0.6 is 11.6 Å². The van der Waals surface area contributed by atoms with Crippen LogP contribution in [0.1, 0.15) is 6.42 Å². The van der Waals surface area contributed by atoms with Crippen LogP contribution in [0.5, 0.6) is 0 Å². The van der Waals surface area contributed by atoms with Crippen LogP contribution in [0.15, 0.2) is 30.5 Å². The quantitative estimate of drug-likeness (QED) is 0.813. The normalized spacial score (nSPS) is 17.4. The molecule has 0 spiro atoms. The van der Waals surface area contributed by atoms with Crippen molar-refractivity contribution in [1.82, 2.24) is 15.1 Å². The minimum Gasteiger partial charge on any atom is -0.353 e. The SMILES string of the molecule is ClCCN1CCCN(c2nncc3ccccc23)CC1. The number of alkyl halides is 1. The number of fused-ring (bicyclic) bond motifs is 1. The van der Waals surface area contributed by atoms with Crippen LogP contribution in [0.25, 0.3) is 10.8 Å². The Bertz CT molecular complexity index is 569. The van der Waals surface area contributed by atoms with E-state index in [-0.39, 0.29) is 0 Å². The highest BCUT2D eigenvalue weighted by atomic mass is 35.5.